The molecule has 2 rings (SSSR count). The molecule has 1 aliphatic heterocycles. The first kappa shape index (κ1) is 7.56. The molecular formula is C9H18N2. The molecule has 2 aliphatic rings. The van der Waals surface area contributed by atoms with Crippen molar-refractivity contribution in [2.75, 3.05) is 13.1 Å². The number of hydrogen-bond donors (Lipinski definition) is 1. The summed E-state index contributed by atoms with van der Waals surface area (Å²) in [6.07, 6.45) is 8.57. The van der Waals surface area contributed by atoms with Crippen LogP contribution in [0.1, 0.15) is 38.5 Å². The molecule has 0 aromatic carbocycles. The number of hydrazine groups is 1. The van der Waals surface area contributed by atoms with Gasteiger partial charge in [-0.25, -0.2) is 5.01 Å². The van der Waals surface area contributed by atoms with E-state index in [0.717, 1.165) is 18.5 Å². The molecule has 1 saturated heterocycles. The average molecular weight is 154 g/mol. The Labute approximate surface area is 68.7 Å². The summed E-state index contributed by atoms with van der Waals surface area (Å²) in [5.74, 6) is 5.72. The fourth-order valence-electron chi connectivity index (χ4n) is 2.62. The highest BCUT2D eigenvalue weighted by molar-refractivity contribution is 4.88. The van der Waals surface area contributed by atoms with Crippen molar-refractivity contribution in [1.82, 2.24) is 5.01 Å². The van der Waals surface area contributed by atoms with E-state index < -0.39 is 0 Å². The van der Waals surface area contributed by atoms with Crippen LogP contribution in [0.5, 0.6) is 0 Å². The van der Waals surface area contributed by atoms with Gasteiger partial charge in [0.1, 0.15) is 0 Å². The lowest BCUT2D eigenvalue weighted by Crippen LogP contribution is -2.42. The maximum Gasteiger partial charge on any atom is 0.0133 e. The van der Waals surface area contributed by atoms with Crippen molar-refractivity contribution in [3.05, 3.63) is 0 Å². The molecule has 1 saturated carbocycles. The first-order valence-corrected chi connectivity index (χ1v) is 4.80. The van der Waals surface area contributed by atoms with Crippen LogP contribution in [0.4, 0.5) is 0 Å². The van der Waals surface area contributed by atoms with Gasteiger partial charge in [0.25, 0.3) is 0 Å². The van der Waals surface area contributed by atoms with Gasteiger partial charge in [-0.15, -0.1) is 0 Å². The minimum atomic E-state index is 0.732. The molecule has 0 bridgehead atoms. The minimum Gasteiger partial charge on any atom is -0.269 e. The van der Waals surface area contributed by atoms with E-state index in [0.29, 0.717) is 0 Å². The van der Waals surface area contributed by atoms with Gasteiger partial charge in [-0.1, -0.05) is 12.8 Å². The van der Waals surface area contributed by atoms with Crippen LogP contribution in [0, 0.1) is 5.41 Å². The van der Waals surface area contributed by atoms with Gasteiger partial charge >= 0.3 is 0 Å². The van der Waals surface area contributed by atoms with E-state index in [-0.39, 0.29) is 0 Å². The van der Waals surface area contributed by atoms with Crippen molar-refractivity contribution in [2.24, 2.45) is 11.3 Å². The zero-order chi connectivity index (χ0) is 7.73. The van der Waals surface area contributed by atoms with Gasteiger partial charge in [0.2, 0.25) is 0 Å². The number of nitrogens with two attached hydrogens (primary N) is 1. The quantitative estimate of drug-likeness (QED) is 0.536. The van der Waals surface area contributed by atoms with E-state index in [1.807, 2.05) is 5.01 Å². The largest absolute Gasteiger partial charge is 0.269 e. The normalized spacial score (nSPS) is 31.4. The summed E-state index contributed by atoms with van der Waals surface area (Å²) in [5.41, 5.74) is 0.732. The van der Waals surface area contributed by atoms with Gasteiger partial charge in [-0.3, -0.25) is 5.84 Å². The van der Waals surface area contributed by atoms with Crippen LogP contribution in [0.15, 0.2) is 0 Å². The summed E-state index contributed by atoms with van der Waals surface area (Å²) in [5, 5.41) is 1.98. The third kappa shape index (κ3) is 1.42. The maximum absolute atomic E-state index is 5.72. The molecule has 2 nitrogen and oxygen atoms in total. The molecule has 1 aliphatic carbocycles. The number of piperidine rings is 1. The summed E-state index contributed by atoms with van der Waals surface area (Å²) in [6.45, 7) is 2.25. The number of hydrogen-bond acceptors (Lipinski definition) is 2. The second-order valence-electron chi connectivity index (χ2n) is 4.24. The topological polar surface area (TPSA) is 29.3 Å². The van der Waals surface area contributed by atoms with Crippen molar-refractivity contribution in [2.45, 2.75) is 38.5 Å². The van der Waals surface area contributed by atoms with Crippen LogP contribution in [0.3, 0.4) is 0 Å². The van der Waals surface area contributed by atoms with E-state index in [1.54, 1.807) is 0 Å². The minimum absolute atomic E-state index is 0.732. The van der Waals surface area contributed by atoms with Crippen molar-refractivity contribution >= 4 is 0 Å². The predicted octanol–water partition coefficient (Wildman–Crippen LogP) is 1.52. The number of nitrogens with zero attached hydrogens (tertiary/aromatic N) is 1. The lowest BCUT2D eigenvalue weighted by Gasteiger charge is -2.37. The van der Waals surface area contributed by atoms with E-state index >= 15 is 0 Å². The highest BCUT2D eigenvalue weighted by atomic mass is 15.4. The molecule has 1 spiro atoms. The summed E-state index contributed by atoms with van der Waals surface area (Å²) < 4.78 is 0. The molecule has 0 aromatic heterocycles. The van der Waals surface area contributed by atoms with Crippen LogP contribution in [-0.4, -0.2) is 18.1 Å². The predicted molar refractivity (Wildman–Crippen MR) is 45.9 cm³/mol. The van der Waals surface area contributed by atoms with Gasteiger partial charge in [-0.2, -0.15) is 0 Å². The molecule has 1 heterocycles. The Balaban J connectivity index is 1.94. The Hall–Kier alpha value is -0.0800. The average Bonchev–Trinajstić information content (AvgIpc) is 2.45. The monoisotopic (exact) mass is 154 g/mol. The van der Waals surface area contributed by atoms with Gasteiger partial charge in [0.05, 0.1) is 0 Å². The molecule has 0 atom stereocenters. The summed E-state index contributed by atoms with van der Waals surface area (Å²) in [7, 11) is 0. The first-order valence-electron chi connectivity index (χ1n) is 4.80. The molecule has 0 unspecified atom stereocenters. The van der Waals surface area contributed by atoms with E-state index in [2.05, 4.69) is 0 Å². The van der Waals surface area contributed by atoms with Gasteiger partial charge in [0.15, 0.2) is 0 Å². The third-order valence-corrected chi connectivity index (χ3v) is 3.52. The summed E-state index contributed by atoms with van der Waals surface area (Å²) in [6, 6.07) is 0. The second kappa shape index (κ2) is 2.76. The van der Waals surface area contributed by atoms with Gasteiger partial charge in [-0.05, 0) is 31.1 Å². The molecule has 0 aromatic rings. The molecule has 2 N–H and O–H groups in total. The Morgan fingerprint density at radius 2 is 1.45 bits per heavy atom. The van der Waals surface area contributed by atoms with E-state index in [1.165, 1.54) is 38.5 Å². The molecule has 11 heavy (non-hydrogen) atoms. The molecule has 2 fully saturated rings. The summed E-state index contributed by atoms with van der Waals surface area (Å²) >= 11 is 0. The Kier molecular flexibility index (Phi) is 1.90. The Bertz CT molecular complexity index is 128. The molecule has 2 heteroatoms. The van der Waals surface area contributed by atoms with Crippen molar-refractivity contribution in [1.29, 1.82) is 0 Å². The maximum atomic E-state index is 5.72. The SMILES string of the molecule is NN1CCC2(CCCC2)CC1. The molecule has 0 radical (unpaired) electrons. The third-order valence-electron chi connectivity index (χ3n) is 3.52. The van der Waals surface area contributed by atoms with Crippen molar-refractivity contribution < 1.29 is 0 Å². The smallest absolute Gasteiger partial charge is 0.0133 e. The van der Waals surface area contributed by atoms with Gasteiger partial charge < -0.3 is 0 Å². The lowest BCUT2D eigenvalue weighted by molar-refractivity contribution is 0.109. The van der Waals surface area contributed by atoms with E-state index in [4.69, 9.17) is 5.84 Å². The highest BCUT2D eigenvalue weighted by Gasteiger charge is 2.35. The highest BCUT2D eigenvalue weighted by Crippen LogP contribution is 2.45. The molecular weight excluding hydrogens is 136 g/mol. The number of rotatable bonds is 0. The van der Waals surface area contributed by atoms with Crippen LogP contribution >= 0.6 is 0 Å². The molecule has 64 valence electrons. The fourth-order valence-corrected chi connectivity index (χ4v) is 2.62. The van der Waals surface area contributed by atoms with Crippen LogP contribution in [0.25, 0.3) is 0 Å². The summed E-state index contributed by atoms with van der Waals surface area (Å²) in [4.78, 5) is 0. The standard InChI is InChI=1S/C9H18N2/c10-11-7-5-9(6-8-11)3-1-2-4-9/h1-8,10H2. The van der Waals surface area contributed by atoms with Crippen LogP contribution < -0.4 is 5.84 Å². The fraction of sp³-hybridized carbons (Fsp3) is 1.00. The Morgan fingerprint density at radius 1 is 0.909 bits per heavy atom. The van der Waals surface area contributed by atoms with Crippen molar-refractivity contribution in [3.8, 4) is 0 Å². The lowest BCUT2D eigenvalue weighted by atomic mass is 9.77. The zero-order valence-corrected chi connectivity index (χ0v) is 7.18. The first-order chi connectivity index (χ1) is 5.31. The van der Waals surface area contributed by atoms with Crippen LogP contribution in [-0.2, 0) is 0 Å². The van der Waals surface area contributed by atoms with E-state index in [9.17, 15) is 0 Å². The zero-order valence-electron chi connectivity index (χ0n) is 7.18. The second-order valence-corrected chi connectivity index (χ2v) is 4.24. The van der Waals surface area contributed by atoms with Crippen LogP contribution in [0.2, 0.25) is 0 Å². The Morgan fingerprint density at radius 3 is 2.00 bits per heavy atom. The molecule has 0 amide bonds. The van der Waals surface area contributed by atoms with Gasteiger partial charge in [0, 0.05) is 13.1 Å². The van der Waals surface area contributed by atoms with Crippen molar-refractivity contribution in [3.63, 3.8) is 0 Å².